The first-order valence-electron chi connectivity index (χ1n) is 17.2. The number of urea groups is 1. The van der Waals surface area contributed by atoms with E-state index in [1.165, 1.54) is 50.2 Å². The highest BCUT2D eigenvalue weighted by Crippen LogP contribution is 2.36. The molecule has 0 aromatic heterocycles. The number of anilines is 2. The first-order valence-corrected chi connectivity index (χ1v) is 23.0. The van der Waals surface area contributed by atoms with Crippen LogP contribution in [-0.2, 0) is 53.3 Å². The van der Waals surface area contributed by atoms with E-state index in [0.29, 0.717) is 12.1 Å². The van der Waals surface area contributed by atoms with E-state index in [0.717, 1.165) is 24.3 Å². The number of allylic oxidation sites excluding steroid dienone is 4. The first-order chi connectivity index (χ1) is 28.6. The van der Waals surface area contributed by atoms with Crippen molar-refractivity contribution >= 4 is 81.1 Å². The Labute approximate surface area is 351 Å². The van der Waals surface area contributed by atoms with Gasteiger partial charge >= 0.3 is 6.03 Å². The van der Waals surface area contributed by atoms with Gasteiger partial charge in [-0.15, -0.1) is 0 Å². The topological polar surface area (TPSA) is 358 Å². The summed E-state index contributed by atoms with van der Waals surface area (Å²) < 4.78 is 134. The zero-order valence-electron chi connectivity index (χ0n) is 31.5. The summed E-state index contributed by atoms with van der Waals surface area (Å²) in [5.74, 6) is -3.64. The Hall–Kier alpha value is -6.45. The molecule has 0 spiro atoms. The van der Waals surface area contributed by atoms with Gasteiger partial charge in [-0.3, -0.25) is 27.8 Å². The van der Waals surface area contributed by atoms with E-state index in [4.69, 9.17) is 0 Å². The molecule has 0 saturated carbocycles. The maximum Gasteiger partial charge on any atom is 0.323 e. The van der Waals surface area contributed by atoms with Crippen LogP contribution in [0.5, 0.6) is 11.5 Å². The van der Waals surface area contributed by atoms with Gasteiger partial charge in [0, 0.05) is 58.6 Å². The molecule has 324 valence electrons. The number of benzene rings is 4. The number of carbonyl (C=O) groups is 3. The molecule has 8 N–H and O–H groups in total. The van der Waals surface area contributed by atoms with Crippen LogP contribution >= 0.6 is 0 Å². The summed E-state index contributed by atoms with van der Waals surface area (Å²) >= 11 is 0. The molecule has 0 unspecified atom stereocenters. The van der Waals surface area contributed by atoms with E-state index in [2.05, 4.69) is 20.6 Å². The number of hydrogen-bond acceptors (Lipinski definition) is 13. The third-order valence-electron chi connectivity index (χ3n) is 9.51. The van der Waals surface area contributed by atoms with Crippen molar-refractivity contribution in [1.82, 2.24) is 0 Å². The fraction of sp³-hybridized carbons (Fsp3) is 0.108. The van der Waals surface area contributed by atoms with Crippen LogP contribution in [0.15, 0.2) is 102 Å². The molecule has 6 rings (SSSR count). The number of phenolic OH excluding ortho intramolecular Hbond substituents is 2. The Morgan fingerprint density at radius 1 is 0.548 bits per heavy atom. The lowest BCUT2D eigenvalue weighted by molar-refractivity contribution is 0.0994. The number of fused-ring (bicyclic) bond motifs is 2. The fourth-order valence-electron chi connectivity index (χ4n) is 6.54. The van der Waals surface area contributed by atoms with Gasteiger partial charge in [0.2, 0.25) is 0 Å². The Morgan fingerprint density at radius 2 is 0.903 bits per heavy atom. The quantitative estimate of drug-likeness (QED) is 0.117. The lowest BCUT2D eigenvalue weighted by Gasteiger charge is -2.19. The molecule has 0 aliphatic heterocycles. The smallest absolute Gasteiger partial charge is 0.323 e. The van der Waals surface area contributed by atoms with Crippen LogP contribution in [0.25, 0.3) is 0 Å². The lowest BCUT2D eigenvalue weighted by atomic mass is 9.94. The maximum absolute atomic E-state index is 13.6. The van der Waals surface area contributed by atoms with Crippen LogP contribution in [0.4, 0.5) is 16.2 Å². The van der Waals surface area contributed by atoms with Crippen molar-refractivity contribution in [2.75, 3.05) is 10.6 Å². The minimum absolute atomic E-state index is 0.0537. The predicted molar refractivity (Wildman–Crippen MR) is 219 cm³/mol. The van der Waals surface area contributed by atoms with Crippen molar-refractivity contribution in [1.29, 1.82) is 0 Å². The van der Waals surface area contributed by atoms with Gasteiger partial charge in [0.1, 0.15) is 11.5 Å². The number of aromatic hydroxyl groups is 2. The summed E-state index contributed by atoms with van der Waals surface area (Å²) in [6.45, 7) is 2.84. The molecule has 2 aliphatic rings. The van der Waals surface area contributed by atoms with E-state index in [1.54, 1.807) is 0 Å². The number of carbonyl (C=O) groups excluding carboxylic acids is 3. The molecular weight excluding hydrogens is 901 g/mol. The maximum atomic E-state index is 13.6. The summed E-state index contributed by atoms with van der Waals surface area (Å²) in [4.78, 5) is 45.2. The van der Waals surface area contributed by atoms with E-state index < -0.39 is 114 Å². The van der Waals surface area contributed by atoms with Crippen LogP contribution < -0.4 is 10.6 Å². The first kappa shape index (κ1) is 45.1. The van der Waals surface area contributed by atoms with Gasteiger partial charge in [-0.05, 0) is 84.7 Å². The largest absolute Gasteiger partial charge is 0.507 e. The number of nitrogens with zero attached hydrogens (tertiary/aromatic N) is 2. The van der Waals surface area contributed by atoms with E-state index in [9.17, 15) is 76.5 Å². The second-order valence-corrected chi connectivity index (χ2v) is 19.4. The highest BCUT2D eigenvalue weighted by atomic mass is 32.2. The molecule has 0 radical (unpaired) electrons. The van der Waals surface area contributed by atoms with Crippen molar-refractivity contribution < 1.29 is 76.5 Å². The van der Waals surface area contributed by atoms with Crippen molar-refractivity contribution in [3.05, 3.63) is 127 Å². The third-order valence-corrected chi connectivity index (χ3v) is 13.0. The van der Waals surface area contributed by atoms with Crippen LogP contribution in [-0.4, -0.2) is 91.4 Å². The molecule has 21 nitrogen and oxygen atoms in total. The summed E-state index contributed by atoms with van der Waals surface area (Å²) in [6, 6.07) is 10.2. The molecule has 4 amide bonds. The molecule has 4 aromatic carbocycles. The summed E-state index contributed by atoms with van der Waals surface area (Å²) in [5, 5.41) is 26.4. The van der Waals surface area contributed by atoms with Gasteiger partial charge in [0.25, 0.3) is 52.3 Å². The van der Waals surface area contributed by atoms with E-state index >= 15 is 0 Å². The van der Waals surface area contributed by atoms with Crippen LogP contribution in [0.2, 0.25) is 0 Å². The monoisotopic (exact) mass is 930 g/mol. The van der Waals surface area contributed by atoms with Gasteiger partial charge in [-0.25, -0.2) is 14.8 Å². The van der Waals surface area contributed by atoms with Gasteiger partial charge in [0.15, 0.2) is 0 Å². The van der Waals surface area contributed by atoms with E-state index in [1.807, 2.05) is 0 Å². The highest BCUT2D eigenvalue weighted by molar-refractivity contribution is 7.90. The molecule has 0 bridgehead atoms. The zero-order valence-corrected chi connectivity index (χ0v) is 34.8. The summed E-state index contributed by atoms with van der Waals surface area (Å²) in [6.07, 6.45) is 0.337. The van der Waals surface area contributed by atoms with Crippen LogP contribution in [0.3, 0.4) is 0 Å². The summed E-state index contributed by atoms with van der Waals surface area (Å²) in [5.41, 5.74) is -1.84. The number of rotatable bonds is 8. The molecule has 25 heteroatoms. The minimum Gasteiger partial charge on any atom is -0.507 e. The van der Waals surface area contributed by atoms with Crippen molar-refractivity contribution in [3.63, 3.8) is 0 Å². The molecule has 0 fully saturated rings. The van der Waals surface area contributed by atoms with Crippen molar-refractivity contribution in [2.45, 2.75) is 36.5 Å². The molecule has 4 aromatic rings. The normalized spacial score (nSPS) is 15.6. The van der Waals surface area contributed by atoms with E-state index in [-0.39, 0.29) is 55.9 Å². The number of phenols is 2. The molecule has 62 heavy (non-hydrogen) atoms. The number of aliphatic imine (C=N–C) groups is 2. The standard InChI is InChI=1S/C37H30N4O17S4/c1-17-25(35(44)38-29-13-21(59(47,48)49)9-19-11-23(61(53,54)55)15-31(42)33(19)29)5-3-7-27(17)40-37(46)41-28-8-4-6-26(18(28)2)36(45)39-30-14-22(60(50,51)52)10-20-12-24(62(56,57)58)16-32(43)34(20)30/h3-8,11-16,42-43H,9-10H2,1-2H3,(H2,40,41,46)(H,47,48,49)(H,50,51,52)(H,53,54,55)(H,56,57,58). The van der Waals surface area contributed by atoms with Crippen molar-refractivity contribution in [3.8, 4) is 11.5 Å². The predicted octanol–water partition coefficient (Wildman–Crippen LogP) is 3.77. The number of amides is 4. The van der Waals surface area contributed by atoms with Gasteiger partial charge < -0.3 is 20.8 Å². The SMILES string of the molecule is Cc1c(NC(=O)Nc2cccc(C(=O)N=C3C=C(S(=O)(=O)O)Cc4cc(S(=O)(=O)O)cc(O)c43)c2C)cccc1C(=O)N=C1C=C(S(=O)(=O)O)Cc2cc(S(=O)(=O)O)cc(O)c21. The number of nitrogens with one attached hydrogen (secondary N) is 2. The van der Waals surface area contributed by atoms with Crippen molar-refractivity contribution in [2.24, 2.45) is 9.98 Å². The Morgan fingerprint density at radius 3 is 1.23 bits per heavy atom. The third kappa shape index (κ3) is 9.38. The average Bonchev–Trinajstić information content (AvgIpc) is 3.14. The lowest BCUT2D eigenvalue weighted by Crippen LogP contribution is -2.22. The Bertz CT molecular complexity index is 3060. The fourth-order valence-corrected chi connectivity index (χ4v) is 8.84. The van der Waals surface area contributed by atoms with Crippen LogP contribution in [0, 0.1) is 13.8 Å². The highest BCUT2D eigenvalue weighted by Gasteiger charge is 2.31. The Balaban J connectivity index is 1.28. The molecule has 0 heterocycles. The van der Waals surface area contributed by atoms with Crippen LogP contribution in [0.1, 0.15) is 54.1 Å². The molecule has 0 atom stereocenters. The summed E-state index contributed by atoms with van der Waals surface area (Å²) in [7, 11) is -19.6. The second kappa shape index (κ2) is 16.1. The molecular formula is C37H30N4O17S4. The Kier molecular flexibility index (Phi) is 11.7. The van der Waals surface area contributed by atoms with Gasteiger partial charge in [-0.1, -0.05) is 12.1 Å². The second-order valence-electron chi connectivity index (χ2n) is 13.6. The number of hydrogen-bond donors (Lipinski definition) is 8. The van der Waals surface area contributed by atoms with Gasteiger partial charge in [-0.2, -0.15) is 33.7 Å². The minimum atomic E-state index is -4.93. The molecule has 0 saturated heterocycles. The average molecular weight is 931 g/mol. The van der Waals surface area contributed by atoms with Gasteiger partial charge in [0.05, 0.1) is 31.0 Å². The zero-order chi connectivity index (χ0) is 45.9. The molecule has 2 aliphatic carbocycles.